The molecular formula is C26H26N6O2S2. The Balaban J connectivity index is 1.15. The summed E-state index contributed by atoms with van der Waals surface area (Å²) in [6.45, 7) is 0. The molecule has 4 heterocycles. The van der Waals surface area contributed by atoms with E-state index in [1.165, 1.54) is 0 Å². The van der Waals surface area contributed by atoms with Gasteiger partial charge in [-0.05, 0) is 66.4 Å². The Morgan fingerprint density at radius 3 is 1.61 bits per heavy atom. The lowest BCUT2D eigenvalue weighted by Gasteiger charge is -2.28. The Morgan fingerprint density at radius 2 is 1.22 bits per heavy atom. The molecule has 1 aliphatic carbocycles. The second-order valence-corrected chi connectivity index (χ2v) is 10.9. The summed E-state index contributed by atoms with van der Waals surface area (Å²) in [5.74, 6) is 1.30. The second-order valence-electron chi connectivity index (χ2n) is 8.86. The van der Waals surface area contributed by atoms with E-state index < -0.39 is 0 Å². The monoisotopic (exact) mass is 518 g/mol. The summed E-state index contributed by atoms with van der Waals surface area (Å²) in [6, 6.07) is 15.3. The lowest BCUT2D eigenvalue weighted by molar-refractivity contribution is -0.116. The van der Waals surface area contributed by atoms with Crippen molar-refractivity contribution >= 4 is 46.1 Å². The van der Waals surface area contributed by atoms with Crippen LogP contribution in [0.1, 0.15) is 58.7 Å². The zero-order valence-electron chi connectivity index (χ0n) is 19.6. The Hall–Kier alpha value is -3.50. The normalized spacial score (nSPS) is 17.4. The van der Waals surface area contributed by atoms with Crippen molar-refractivity contribution in [3.8, 4) is 0 Å². The number of amides is 2. The molecule has 4 aromatic heterocycles. The van der Waals surface area contributed by atoms with Crippen molar-refractivity contribution < 1.29 is 9.59 Å². The molecular weight excluding hydrogens is 492 g/mol. The maximum absolute atomic E-state index is 12.2. The first-order valence-electron chi connectivity index (χ1n) is 11.9. The first-order valence-corrected chi connectivity index (χ1v) is 13.7. The zero-order valence-corrected chi connectivity index (χ0v) is 21.2. The number of hydrogen-bond acceptors (Lipinski definition) is 8. The Morgan fingerprint density at radius 1 is 0.722 bits per heavy atom. The van der Waals surface area contributed by atoms with Gasteiger partial charge in [0.05, 0.1) is 24.2 Å². The molecule has 0 radical (unpaired) electrons. The van der Waals surface area contributed by atoms with Crippen LogP contribution in [-0.4, -0.2) is 32.2 Å². The molecule has 8 nitrogen and oxygen atoms in total. The molecule has 1 unspecified atom stereocenters. The third-order valence-corrected chi connectivity index (χ3v) is 8.00. The van der Waals surface area contributed by atoms with Gasteiger partial charge in [-0.15, -0.1) is 32.9 Å². The molecule has 1 fully saturated rings. The van der Waals surface area contributed by atoms with Gasteiger partial charge in [-0.2, -0.15) is 10.2 Å². The second kappa shape index (κ2) is 11.5. The number of thiophene rings is 2. The molecule has 2 amide bonds. The van der Waals surface area contributed by atoms with Crippen molar-refractivity contribution in [2.24, 2.45) is 0 Å². The third-order valence-electron chi connectivity index (χ3n) is 6.25. The van der Waals surface area contributed by atoms with Crippen LogP contribution in [0.3, 0.4) is 0 Å². The van der Waals surface area contributed by atoms with Crippen LogP contribution < -0.4 is 10.6 Å². The number of carbonyl (C=O) groups excluding carboxylic acids is 2. The number of carbonyl (C=O) groups is 2. The van der Waals surface area contributed by atoms with Crippen LogP contribution in [0, 0.1) is 0 Å². The minimum atomic E-state index is -0.0954. The molecule has 184 valence electrons. The van der Waals surface area contributed by atoms with Gasteiger partial charge in [0.25, 0.3) is 0 Å². The van der Waals surface area contributed by atoms with Gasteiger partial charge in [0.2, 0.25) is 11.8 Å². The Kier molecular flexibility index (Phi) is 7.73. The molecule has 4 aromatic rings. The highest BCUT2D eigenvalue weighted by molar-refractivity contribution is 7.10. The summed E-state index contributed by atoms with van der Waals surface area (Å²) in [6.07, 6.45) is 4.74. The van der Waals surface area contributed by atoms with Crippen LogP contribution >= 0.6 is 22.7 Å². The van der Waals surface area contributed by atoms with Crippen LogP contribution in [-0.2, 0) is 22.4 Å². The maximum Gasteiger partial charge on any atom is 0.230 e. The minimum Gasteiger partial charge on any atom is -0.309 e. The lowest BCUT2D eigenvalue weighted by atomic mass is 9.78. The smallest absolute Gasteiger partial charge is 0.230 e. The molecule has 0 spiro atoms. The fraction of sp³-hybridized carbons (Fsp3) is 0.308. The van der Waals surface area contributed by atoms with Gasteiger partial charge in [-0.3, -0.25) is 9.59 Å². The fourth-order valence-corrected chi connectivity index (χ4v) is 5.90. The first-order chi connectivity index (χ1) is 17.6. The van der Waals surface area contributed by atoms with Gasteiger partial charge in [0.15, 0.2) is 11.6 Å². The molecule has 0 bridgehead atoms. The van der Waals surface area contributed by atoms with Crippen molar-refractivity contribution in [1.29, 1.82) is 0 Å². The summed E-state index contributed by atoms with van der Waals surface area (Å²) in [5.41, 5.74) is 1.86. The highest BCUT2D eigenvalue weighted by Gasteiger charge is 2.27. The molecule has 0 aromatic carbocycles. The van der Waals surface area contributed by atoms with Crippen LogP contribution in [0.4, 0.5) is 11.6 Å². The van der Waals surface area contributed by atoms with E-state index in [0.29, 0.717) is 24.5 Å². The Labute approximate surface area is 217 Å². The summed E-state index contributed by atoms with van der Waals surface area (Å²) in [4.78, 5) is 26.5. The number of aromatic nitrogens is 4. The van der Waals surface area contributed by atoms with Crippen molar-refractivity contribution in [2.45, 2.75) is 50.4 Å². The van der Waals surface area contributed by atoms with Gasteiger partial charge in [-0.25, -0.2) is 0 Å². The van der Waals surface area contributed by atoms with E-state index in [1.54, 1.807) is 22.7 Å². The number of hydrogen-bond donors (Lipinski definition) is 2. The SMILES string of the molecule is O=C(Cc1cccs1)Nc1ccc(C2CCC[C@H](c3ccc(NC(=O)Cc4cccs4)nn3)C2)nn1. The largest absolute Gasteiger partial charge is 0.309 e. The van der Waals surface area contributed by atoms with E-state index >= 15 is 0 Å². The third kappa shape index (κ3) is 6.38. The predicted octanol–water partition coefficient (Wildman–Crippen LogP) is 5.19. The molecule has 0 aliphatic heterocycles. The first kappa shape index (κ1) is 24.2. The Bertz CT molecular complexity index is 1180. The van der Waals surface area contributed by atoms with Crippen LogP contribution in [0.15, 0.2) is 59.3 Å². The van der Waals surface area contributed by atoms with Crippen molar-refractivity contribution in [2.75, 3.05) is 10.6 Å². The highest BCUT2D eigenvalue weighted by atomic mass is 32.1. The van der Waals surface area contributed by atoms with E-state index in [4.69, 9.17) is 0 Å². The van der Waals surface area contributed by atoms with E-state index in [1.807, 2.05) is 59.3 Å². The number of nitrogens with one attached hydrogen (secondary N) is 2. The molecule has 10 heteroatoms. The van der Waals surface area contributed by atoms with Crippen LogP contribution in [0.2, 0.25) is 0 Å². The fourth-order valence-electron chi connectivity index (χ4n) is 4.50. The topological polar surface area (TPSA) is 110 Å². The maximum atomic E-state index is 12.2. The minimum absolute atomic E-state index is 0.0954. The highest BCUT2D eigenvalue weighted by Crippen LogP contribution is 2.40. The summed E-state index contributed by atoms with van der Waals surface area (Å²) < 4.78 is 0. The van der Waals surface area contributed by atoms with Gasteiger partial charge in [0, 0.05) is 21.6 Å². The van der Waals surface area contributed by atoms with Gasteiger partial charge >= 0.3 is 0 Å². The molecule has 2 N–H and O–H groups in total. The quantitative estimate of drug-likeness (QED) is 0.332. The zero-order chi connectivity index (χ0) is 24.7. The van der Waals surface area contributed by atoms with Gasteiger partial charge < -0.3 is 10.6 Å². The molecule has 2 atom stereocenters. The van der Waals surface area contributed by atoms with Crippen molar-refractivity contribution in [1.82, 2.24) is 20.4 Å². The van der Waals surface area contributed by atoms with Crippen molar-refractivity contribution in [3.05, 3.63) is 80.4 Å². The molecule has 1 aliphatic rings. The summed E-state index contributed by atoms with van der Waals surface area (Å²) >= 11 is 3.12. The molecule has 36 heavy (non-hydrogen) atoms. The average Bonchev–Trinajstić information content (AvgIpc) is 3.59. The van der Waals surface area contributed by atoms with E-state index in [0.717, 1.165) is 46.8 Å². The number of rotatable bonds is 8. The van der Waals surface area contributed by atoms with Crippen LogP contribution in [0.5, 0.6) is 0 Å². The summed E-state index contributed by atoms with van der Waals surface area (Å²) in [7, 11) is 0. The predicted molar refractivity (Wildman–Crippen MR) is 141 cm³/mol. The summed E-state index contributed by atoms with van der Waals surface area (Å²) in [5, 5.41) is 26.9. The average molecular weight is 519 g/mol. The number of anilines is 2. The molecule has 1 saturated carbocycles. The van der Waals surface area contributed by atoms with E-state index in [9.17, 15) is 9.59 Å². The van der Waals surface area contributed by atoms with E-state index in [2.05, 4.69) is 31.0 Å². The van der Waals surface area contributed by atoms with Gasteiger partial charge in [-0.1, -0.05) is 18.6 Å². The van der Waals surface area contributed by atoms with E-state index in [-0.39, 0.29) is 23.7 Å². The standard InChI is InChI=1S/C26H26N6O2S2/c33-25(15-19-6-2-12-35-19)27-23-10-8-21(29-31-23)17-4-1-5-18(14-17)22-9-11-24(32-30-22)28-26(34)16-20-7-3-13-36-20/h2-3,6-13,17-18H,1,4-5,14-16H2,(H,27,31,33)(H,28,32,34)/t17-,18?/m0/s1. The molecule has 5 rings (SSSR count). The van der Waals surface area contributed by atoms with Gasteiger partial charge in [0.1, 0.15) is 0 Å². The lowest BCUT2D eigenvalue weighted by Crippen LogP contribution is -2.18. The number of nitrogens with zero attached hydrogens (tertiary/aromatic N) is 4. The van der Waals surface area contributed by atoms with Crippen molar-refractivity contribution in [3.63, 3.8) is 0 Å². The van der Waals surface area contributed by atoms with Crippen LogP contribution in [0.25, 0.3) is 0 Å². The molecule has 0 saturated heterocycles.